The number of hydrogen-bond acceptors (Lipinski definition) is 2. The second-order valence-electron chi connectivity index (χ2n) is 6.10. The molecule has 0 amide bonds. The van der Waals surface area contributed by atoms with E-state index in [9.17, 15) is 0 Å². The van der Waals surface area contributed by atoms with Gasteiger partial charge in [-0.05, 0) is 62.8 Å². The molecule has 1 aliphatic carbocycles. The summed E-state index contributed by atoms with van der Waals surface area (Å²) in [5.41, 5.74) is 1.41. The monoisotopic (exact) mass is 275 g/mol. The normalized spacial score (nSPS) is 17.3. The largest absolute Gasteiger partial charge is 0.493 e. The van der Waals surface area contributed by atoms with Crippen LogP contribution in [0.15, 0.2) is 24.3 Å². The third-order valence-electron chi connectivity index (χ3n) is 4.30. The van der Waals surface area contributed by atoms with E-state index in [0.717, 1.165) is 31.2 Å². The molecule has 1 atom stereocenters. The van der Waals surface area contributed by atoms with Crippen LogP contribution in [0, 0.1) is 5.92 Å². The molecule has 1 saturated carbocycles. The lowest BCUT2D eigenvalue weighted by Crippen LogP contribution is -2.25. The molecule has 0 saturated heterocycles. The van der Waals surface area contributed by atoms with Crippen LogP contribution in [0.5, 0.6) is 5.75 Å². The molecule has 1 aromatic rings. The van der Waals surface area contributed by atoms with Crippen LogP contribution in [0.3, 0.4) is 0 Å². The summed E-state index contributed by atoms with van der Waals surface area (Å²) < 4.78 is 5.90. The highest BCUT2D eigenvalue weighted by Gasteiger charge is 2.15. The van der Waals surface area contributed by atoms with Crippen LogP contribution in [-0.4, -0.2) is 19.2 Å². The van der Waals surface area contributed by atoms with E-state index in [4.69, 9.17) is 4.74 Å². The molecule has 2 nitrogen and oxygen atoms in total. The maximum Gasteiger partial charge on any atom is 0.119 e. The summed E-state index contributed by atoms with van der Waals surface area (Å²) in [6.45, 7) is 6.36. The highest BCUT2D eigenvalue weighted by atomic mass is 16.5. The molecule has 0 aliphatic heterocycles. The van der Waals surface area contributed by atoms with Gasteiger partial charge in [0.2, 0.25) is 0 Å². The standard InChI is InChI=1S/C18H29NO/c1-3-19-15(2)8-9-16-10-12-18(13-11-16)20-14-17-6-4-5-7-17/h10-13,15,17,19H,3-9,14H2,1-2H3. The molecule has 20 heavy (non-hydrogen) atoms. The van der Waals surface area contributed by atoms with E-state index in [1.54, 1.807) is 0 Å². The van der Waals surface area contributed by atoms with E-state index in [2.05, 4.69) is 43.4 Å². The van der Waals surface area contributed by atoms with Crippen LogP contribution in [0.25, 0.3) is 0 Å². The molecule has 2 heteroatoms. The summed E-state index contributed by atoms with van der Waals surface area (Å²) in [4.78, 5) is 0. The second-order valence-corrected chi connectivity index (χ2v) is 6.10. The van der Waals surface area contributed by atoms with E-state index in [-0.39, 0.29) is 0 Å². The van der Waals surface area contributed by atoms with Gasteiger partial charge in [-0.15, -0.1) is 0 Å². The van der Waals surface area contributed by atoms with Crippen LogP contribution >= 0.6 is 0 Å². The summed E-state index contributed by atoms with van der Waals surface area (Å²) in [6, 6.07) is 9.27. The Morgan fingerprint density at radius 3 is 2.55 bits per heavy atom. The average Bonchev–Trinajstić information content (AvgIpc) is 2.98. The van der Waals surface area contributed by atoms with Gasteiger partial charge >= 0.3 is 0 Å². The fourth-order valence-corrected chi connectivity index (χ4v) is 2.98. The van der Waals surface area contributed by atoms with Gasteiger partial charge in [-0.3, -0.25) is 0 Å². The lowest BCUT2D eigenvalue weighted by atomic mass is 10.1. The van der Waals surface area contributed by atoms with Crippen LogP contribution in [-0.2, 0) is 6.42 Å². The first kappa shape index (κ1) is 15.4. The summed E-state index contributed by atoms with van der Waals surface area (Å²) in [7, 11) is 0. The van der Waals surface area contributed by atoms with Gasteiger partial charge in [0.25, 0.3) is 0 Å². The van der Waals surface area contributed by atoms with Crippen molar-refractivity contribution in [3.8, 4) is 5.75 Å². The number of hydrogen-bond donors (Lipinski definition) is 1. The average molecular weight is 275 g/mol. The molecule has 112 valence electrons. The van der Waals surface area contributed by atoms with Crippen LogP contribution in [0.2, 0.25) is 0 Å². The van der Waals surface area contributed by atoms with Gasteiger partial charge in [-0.2, -0.15) is 0 Å². The first-order valence-corrected chi connectivity index (χ1v) is 8.23. The molecule has 1 aliphatic rings. The fraction of sp³-hybridized carbons (Fsp3) is 0.667. The predicted molar refractivity (Wildman–Crippen MR) is 85.4 cm³/mol. The molecule has 1 fully saturated rings. The summed E-state index contributed by atoms with van der Waals surface area (Å²) in [5, 5.41) is 3.45. The van der Waals surface area contributed by atoms with Crippen molar-refractivity contribution in [1.29, 1.82) is 0 Å². The molecule has 1 unspecified atom stereocenters. The Bertz CT molecular complexity index is 368. The Hall–Kier alpha value is -1.02. The minimum atomic E-state index is 0.596. The van der Waals surface area contributed by atoms with Gasteiger partial charge in [0, 0.05) is 6.04 Å². The van der Waals surface area contributed by atoms with Gasteiger partial charge in [0.1, 0.15) is 5.75 Å². The zero-order chi connectivity index (χ0) is 14.2. The first-order chi connectivity index (χ1) is 9.78. The Labute approximate surface area is 123 Å². The summed E-state index contributed by atoms with van der Waals surface area (Å²) >= 11 is 0. The summed E-state index contributed by atoms with van der Waals surface area (Å²) in [5.74, 6) is 1.82. The maximum atomic E-state index is 5.90. The van der Waals surface area contributed by atoms with Crippen molar-refractivity contribution < 1.29 is 4.74 Å². The van der Waals surface area contributed by atoms with Crippen molar-refractivity contribution in [2.75, 3.05) is 13.2 Å². The lowest BCUT2D eigenvalue weighted by Gasteiger charge is -2.13. The van der Waals surface area contributed by atoms with Crippen molar-refractivity contribution >= 4 is 0 Å². The first-order valence-electron chi connectivity index (χ1n) is 8.23. The molecule has 1 aromatic carbocycles. The third kappa shape index (κ3) is 5.16. The molecule has 2 rings (SSSR count). The Balaban J connectivity index is 1.71. The third-order valence-corrected chi connectivity index (χ3v) is 4.30. The van der Waals surface area contributed by atoms with Gasteiger partial charge in [0.05, 0.1) is 6.61 Å². The van der Waals surface area contributed by atoms with E-state index < -0.39 is 0 Å². The van der Waals surface area contributed by atoms with Gasteiger partial charge in [-0.1, -0.05) is 31.9 Å². The number of aryl methyl sites for hydroxylation is 1. The molecular weight excluding hydrogens is 246 g/mol. The number of ether oxygens (including phenoxy) is 1. The van der Waals surface area contributed by atoms with E-state index >= 15 is 0 Å². The molecule has 0 bridgehead atoms. The van der Waals surface area contributed by atoms with Gasteiger partial charge in [0.15, 0.2) is 0 Å². The van der Waals surface area contributed by atoms with Crippen molar-refractivity contribution in [3.05, 3.63) is 29.8 Å². The molecule has 0 aromatic heterocycles. The minimum Gasteiger partial charge on any atom is -0.493 e. The highest BCUT2D eigenvalue weighted by Crippen LogP contribution is 2.25. The van der Waals surface area contributed by atoms with Gasteiger partial charge < -0.3 is 10.1 Å². The van der Waals surface area contributed by atoms with Crippen LogP contribution in [0.4, 0.5) is 0 Å². The second kappa shape index (κ2) is 8.31. The van der Waals surface area contributed by atoms with Crippen molar-refractivity contribution in [2.45, 2.75) is 58.4 Å². The quantitative estimate of drug-likeness (QED) is 0.768. The Kier molecular flexibility index (Phi) is 6.38. The zero-order valence-electron chi connectivity index (χ0n) is 13.0. The smallest absolute Gasteiger partial charge is 0.119 e. The minimum absolute atomic E-state index is 0.596. The van der Waals surface area contributed by atoms with Gasteiger partial charge in [-0.25, -0.2) is 0 Å². The highest BCUT2D eigenvalue weighted by molar-refractivity contribution is 5.27. The molecule has 0 heterocycles. The fourth-order valence-electron chi connectivity index (χ4n) is 2.98. The number of rotatable bonds is 8. The van der Waals surface area contributed by atoms with Crippen LogP contribution < -0.4 is 10.1 Å². The molecule has 1 N–H and O–H groups in total. The van der Waals surface area contributed by atoms with E-state index in [0.29, 0.717) is 6.04 Å². The Morgan fingerprint density at radius 2 is 1.90 bits per heavy atom. The topological polar surface area (TPSA) is 21.3 Å². The zero-order valence-corrected chi connectivity index (χ0v) is 13.0. The molecule has 0 radical (unpaired) electrons. The summed E-state index contributed by atoms with van der Waals surface area (Å²) in [6.07, 6.45) is 7.79. The molecular formula is C18H29NO. The number of benzene rings is 1. The van der Waals surface area contributed by atoms with Crippen molar-refractivity contribution in [1.82, 2.24) is 5.32 Å². The Morgan fingerprint density at radius 1 is 1.20 bits per heavy atom. The van der Waals surface area contributed by atoms with Crippen molar-refractivity contribution in [3.63, 3.8) is 0 Å². The SMILES string of the molecule is CCNC(C)CCc1ccc(OCC2CCCC2)cc1. The van der Waals surface area contributed by atoms with Crippen LogP contribution in [0.1, 0.15) is 51.5 Å². The van der Waals surface area contributed by atoms with E-state index in [1.807, 2.05) is 0 Å². The molecule has 0 spiro atoms. The van der Waals surface area contributed by atoms with E-state index in [1.165, 1.54) is 37.7 Å². The predicted octanol–water partition coefficient (Wildman–Crippen LogP) is 4.19. The lowest BCUT2D eigenvalue weighted by molar-refractivity contribution is 0.252. The maximum absolute atomic E-state index is 5.90. The van der Waals surface area contributed by atoms with Crippen molar-refractivity contribution in [2.24, 2.45) is 5.92 Å². The number of nitrogens with one attached hydrogen (secondary N) is 1.